The van der Waals surface area contributed by atoms with E-state index in [-0.39, 0.29) is 11.7 Å². The fourth-order valence-electron chi connectivity index (χ4n) is 3.50. The molecule has 5 rings (SSSR count). The van der Waals surface area contributed by atoms with Crippen LogP contribution in [0.5, 0.6) is 11.6 Å². The van der Waals surface area contributed by atoms with Crippen LogP contribution >= 0.6 is 11.3 Å². The van der Waals surface area contributed by atoms with Crippen LogP contribution in [-0.2, 0) is 13.1 Å². The van der Waals surface area contributed by atoms with Gasteiger partial charge in [-0.1, -0.05) is 12.1 Å². The Hall–Kier alpha value is -4.11. The van der Waals surface area contributed by atoms with E-state index in [0.29, 0.717) is 41.3 Å². The lowest BCUT2D eigenvalue weighted by Gasteiger charge is -2.09. The van der Waals surface area contributed by atoms with Crippen molar-refractivity contribution in [1.29, 1.82) is 0 Å². The fourth-order valence-corrected chi connectivity index (χ4v) is 4.19. The molecule has 0 bridgehead atoms. The number of halogens is 1. The molecule has 0 fully saturated rings. The molecule has 5 aromatic rings. The Labute approximate surface area is 198 Å². The zero-order chi connectivity index (χ0) is 23.5. The second-order valence-electron chi connectivity index (χ2n) is 7.67. The minimum atomic E-state index is -0.331. The van der Waals surface area contributed by atoms with E-state index in [9.17, 15) is 9.18 Å². The third-order valence-electron chi connectivity index (χ3n) is 5.15. The lowest BCUT2D eigenvalue weighted by Crippen LogP contribution is -2.23. The van der Waals surface area contributed by atoms with Gasteiger partial charge in [-0.15, -0.1) is 11.3 Å². The number of rotatable bonds is 7. The molecule has 1 aromatic carbocycles. The highest BCUT2D eigenvalue weighted by Crippen LogP contribution is 2.22. The Bertz CT molecular complexity index is 1430. The number of hydrogen-bond donors (Lipinski definition) is 1. The van der Waals surface area contributed by atoms with Crippen molar-refractivity contribution in [2.45, 2.75) is 20.0 Å². The van der Waals surface area contributed by atoms with E-state index in [0.717, 1.165) is 11.3 Å². The number of benzene rings is 1. The van der Waals surface area contributed by atoms with Gasteiger partial charge < -0.3 is 10.1 Å². The second kappa shape index (κ2) is 9.40. The Morgan fingerprint density at radius 3 is 2.74 bits per heavy atom. The summed E-state index contributed by atoms with van der Waals surface area (Å²) in [5.41, 5.74) is 2.77. The van der Waals surface area contributed by atoms with Crippen molar-refractivity contribution in [2.75, 3.05) is 0 Å². The molecule has 4 heterocycles. The molecule has 1 amide bonds. The minimum Gasteiger partial charge on any atom is -0.439 e. The van der Waals surface area contributed by atoms with Gasteiger partial charge in [0.25, 0.3) is 5.91 Å². The van der Waals surface area contributed by atoms with E-state index in [1.807, 2.05) is 35.2 Å². The van der Waals surface area contributed by atoms with Crippen LogP contribution in [-0.4, -0.2) is 25.7 Å². The molecule has 170 valence electrons. The number of ether oxygens (including phenoxy) is 1. The van der Waals surface area contributed by atoms with Gasteiger partial charge in [-0.25, -0.2) is 19.0 Å². The molecule has 0 saturated carbocycles. The highest BCUT2D eigenvalue weighted by molar-refractivity contribution is 7.09. The molecule has 0 unspecified atom stereocenters. The van der Waals surface area contributed by atoms with Gasteiger partial charge in [0.2, 0.25) is 5.88 Å². The van der Waals surface area contributed by atoms with Crippen molar-refractivity contribution >= 4 is 28.3 Å². The quantitative estimate of drug-likeness (QED) is 0.355. The van der Waals surface area contributed by atoms with Gasteiger partial charge in [0.05, 0.1) is 23.7 Å². The lowest BCUT2D eigenvalue weighted by molar-refractivity contribution is 0.0952. The van der Waals surface area contributed by atoms with Crippen LogP contribution in [0.25, 0.3) is 11.0 Å². The van der Waals surface area contributed by atoms with Crippen molar-refractivity contribution in [2.24, 2.45) is 0 Å². The molecule has 0 aliphatic rings. The van der Waals surface area contributed by atoms with Crippen LogP contribution in [0.2, 0.25) is 0 Å². The van der Waals surface area contributed by atoms with E-state index < -0.39 is 0 Å². The molecule has 0 saturated heterocycles. The summed E-state index contributed by atoms with van der Waals surface area (Å²) in [5, 5.41) is 10.1. The maximum absolute atomic E-state index is 13.0. The van der Waals surface area contributed by atoms with Crippen LogP contribution in [0.3, 0.4) is 0 Å². The summed E-state index contributed by atoms with van der Waals surface area (Å²) in [6.45, 7) is 2.77. The Balaban J connectivity index is 1.27. The molecular weight excluding hydrogens is 453 g/mol. The maximum atomic E-state index is 13.0. The average molecular weight is 474 g/mol. The molecule has 0 spiro atoms. The Morgan fingerprint density at radius 2 is 2.00 bits per heavy atom. The van der Waals surface area contributed by atoms with Gasteiger partial charge >= 0.3 is 0 Å². The number of carbonyl (C=O) groups excluding carboxylic acids is 1. The predicted molar refractivity (Wildman–Crippen MR) is 128 cm³/mol. The van der Waals surface area contributed by atoms with Gasteiger partial charge in [-0.2, -0.15) is 5.10 Å². The molecule has 4 aromatic heterocycles. The van der Waals surface area contributed by atoms with Crippen molar-refractivity contribution in [3.63, 3.8) is 0 Å². The minimum absolute atomic E-state index is 0.210. The number of amides is 1. The molecule has 7 nitrogen and oxygen atoms in total. The number of nitrogens with zero attached hydrogens (tertiary/aromatic N) is 4. The van der Waals surface area contributed by atoms with Crippen LogP contribution in [0.1, 0.15) is 26.5 Å². The van der Waals surface area contributed by atoms with Gasteiger partial charge in [0.1, 0.15) is 11.6 Å². The van der Waals surface area contributed by atoms with Crippen LogP contribution in [0.4, 0.5) is 4.39 Å². The molecule has 1 N–H and O–H groups in total. The van der Waals surface area contributed by atoms with Crippen molar-refractivity contribution < 1.29 is 13.9 Å². The summed E-state index contributed by atoms with van der Waals surface area (Å²) in [6, 6.07) is 15.0. The lowest BCUT2D eigenvalue weighted by atomic mass is 10.1. The Morgan fingerprint density at radius 1 is 1.15 bits per heavy atom. The molecular formula is C25H20FN5O2S. The molecule has 34 heavy (non-hydrogen) atoms. The molecule has 0 atom stereocenters. The number of fused-ring (bicyclic) bond motifs is 1. The number of aryl methyl sites for hydroxylation is 1. The summed E-state index contributed by atoms with van der Waals surface area (Å²) < 4.78 is 20.4. The van der Waals surface area contributed by atoms with Gasteiger partial charge in [-0.3, -0.25) is 4.79 Å². The average Bonchev–Trinajstić information content (AvgIpc) is 3.50. The molecule has 0 radical (unpaired) electrons. The zero-order valence-electron chi connectivity index (χ0n) is 18.2. The van der Waals surface area contributed by atoms with Crippen molar-refractivity contribution in [3.05, 3.63) is 99.9 Å². The highest BCUT2D eigenvalue weighted by atomic mass is 32.1. The molecule has 0 aliphatic carbocycles. The first-order valence-electron chi connectivity index (χ1n) is 10.6. The summed E-state index contributed by atoms with van der Waals surface area (Å²) in [5.74, 6) is 0.332. The van der Waals surface area contributed by atoms with E-state index in [2.05, 4.69) is 20.4 Å². The Kier molecular flexibility index (Phi) is 6.01. The van der Waals surface area contributed by atoms with E-state index >= 15 is 0 Å². The van der Waals surface area contributed by atoms with Crippen LogP contribution in [0.15, 0.2) is 72.4 Å². The summed E-state index contributed by atoms with van der Waals surface area (Å²) in [7, 11) is 0. The zero-order valence-corrected chi connectivity index (χ0v) is 19.1. The first-order valence-corrected chi connectivity index (χ1v) is 11.5. The van der Waals surface area contributed by atoms with E-state index in [4.69, 9.17) is 4.74 Å². The first-order chi connectivity index (χ1) is 16.5. The maximum Gasteiger partial charge on any atom is 0.252 e. The number of hydrogen-bond acceptors (Lipinski definition) is 6. The smallest absolute Gasteiger partial charge is 0.252 e. The number of aromatic nitrogens is 4. The third-order valence-corrected chi connectivity index (χ3v) is 6.02. The second-order valence-corrected chi connectivity index (χ2v) is 8.71. The monoisotopic (exact) mass is 473 g/mol. The fraction of sp³-hybridized carbons (Fsp3) is 0.120. The number of carbonyl (C=O) groups is 1. The first kappa shape index (κ1) is 21.7. The number of pyridine rings is 2. The summed E-state index contributed by atoms with van der Waals surface area (Å²) in [4.78, 5) is 23.0. The SMILES string of the molecule is Cc1cc(C(=O)NCc2ccc(Oc3ccc(F)cc3)nc2)c2cnn(Cc3cccs3)c2n1. The van der Waals surface area contributed by atoms with E-state index in [1.54, 1.807) is 35.9 Å². The standard InChI is InChI=1S/C25H20FN5O2S/c1-16-11-21(22-14-29-31(24(22)30-16)15-20-3-2-10-34-20)25(32)28-13-17-4-9-23(27-12-17)33-19-7-5-18(26)6-8-19/h2-12,14H,13,15H2,1H3,(H,28,32). The number of nitrogens with one attached hydrogen (secondary N) is 1. The van der Waals surface area contributed by atoms with Gasteiger partial charge in [-0.05, 0) is 54.3 Å². The normalized spacial score (nSPS) is 11.0. The van der Waals surface area contributed by atoms with Crippen molar-refractivity contribution in [1.82, 2.24) is 25.1 Å². The third kappa shape index (κ3) is 4.79. The van der Waals surface area contributed by atoms with Gasteiger partial charge in [0.15, 0.2) is 5.65 Å². The summed E-state index contributed by atoms with van der Waals surface area (Å²) >= 11 is 1.65. The largest absolute Gasteiger partial charge is 0.439 e. The molecule has 0 aliphatic heterocycles. The van der Waals surface area contributed by atoms with Crippen LogP contribution in [0, 0.1) is 12.7 Å². The topological polar surface area (TPSA) is 81.9 Å². The van der Waals surface area contributed by atoms with Crippen LogP contribution < -0.4 is 10.1 Å². The van der Waals surface area contributed by atoms with E-state index in [1.165, 1.54) is 29.1 Å². The molecule has 9 heteroatoms. The van der Waals surface area contributed by atoms with Gasteiger partial charge in [0, 0.05) is 29.4 Å². The van der Waals surface area contributed by atoms with Crippen molar-refractivity contribution in [3.8, 4) is 11.6 Å². The summed E-state index contributed by atoms with van der Waals surface area (Å²) in [6.07, 6.45) is 3.32. The highest BCUT2D eigenvalue weighted by Gasteiger charge is 2.16. The number of thiophene rings is 1. The predicted octanol–water partition coefficient (Wildman–Crippen LogP) is 5.11.